The van der Waals surface area contributed by atoms with E-state index in [1.165, 1.54) is 0 Å². The molecular weight excluding hydrogens is 254 g/mol. The molecule has 2 unspecified atom stereocenters. The molecule has 0 aliphatic carbocycles. The minimum atomic E-state index is -0.543. The van der Waals surface area contributed by atoms with Crippen LogP contribution in [0.2, 0.25) is 0 Å². The molecule has 0 amide bonds. The molecule has 2 atom stereocenters. The van der Waals surface area contributed by atoms with Gasteiger partial charge in [0.15, 0.2) is 11.5 Å². The maximum atomic E-state index is 10.2. The summed E-state index contributed by atoms with van der Waals surface area (Å²) in [6, 6.07) is 6.00. The third-order valence-corrected chi connectivity index (χ3v) is 3.22. The van der Waals surface area contributed by atoms with Crippen molar-refractivity contribution in [3.8, 4) is 11.5 Å². The van der Waals surface area contributed by atoms with E-state index in [9.17, 15) is 5.11 Å². The van der Waals surface area contributed by atoms with E-state index in [1.54, 1.807) is 0 Å². The van der Waals surface area contributed by atoms with Crippen molar-refractivity contribution in [1.29, 1.82) is 0 Å². The molecule has 0 bridgehead atoms. The van der Waals surface area contributed by atoms with Crippen LogP contribution in [0.3, 0.4) is 0 Å². The Morgan fingerprint density at radius 1 is 1.10 bits per heavy atom. The van der Waals surface area contributed by atoms with E-state index < -0.39 is 6.10 Å². The van der Waals surface area contributed by atoms with Crippen molar-refractivity contribution in [2.45, 2.75) is 46.3 Å². The topological polar surface area (TPSA) is 50.7 Å². The average molecular weight is 281 g/mol. The summed E-state index contributed by atoms with van der Waals surface area (Å²) in [5, 5.41) is 13.5. The minimum absolute atomic E-state index is 0.402. The van der Waals surface area contributed by atoms with E-state index >= 15 is 0 Å². The minimum Gasteiger partial charge on any atom is -0.490 e. The average Bonchev–Trinajstić information content (AvgIpc) is 2.46. The number of hydrogen-bond acceptors (Lipinski definition) is 4. The Balaban J connectivity index is 2.76. The molecule has 0 aromatic heterocycles. The number of nitrogens with one attached hydrogen (secondary N) is 1. The Morgan fingerprint density at radius 3 is 2.35 bits per heavy atom. The van der Waals surface area contributed by atoms with E-state index in [2.05, 4.69) is 19.2 Å². The fraction of sp³-hybridized carbons (Fsp3) is 0.625. The zero-order valence-electron chi connectivity index (χ0n) is 13.0. The van der Waals surface area contributed by atoms with Gasteiger partial charge < -0.3 is 19.9 Å². The van der Waals surface area contributed by atoms with E-state index in [1.807, 2.05) is 32.0 Å². The van der Waals surface area contributed by atoms with Crippen LogP contribution in [-0.4, -0.2) is 30.9 Å². The number of aliphatic hydroxyl groups is 1. The summed E-state index contributed by atoms with van der Waals surface area (Å²) in [6.07, 6.45) is 0.499. The van der Waals surface area contributed by atoms with Crippen molar-refractivity contribution in [2.75, 3.05) is 19.8 Å². The lowest BCUT2D eigenvalue weighted by Gasteiger charge is -2.18. The van der Waals surface area contributed by atoms with E-state index in [0.29, 0.717) is 31.5 Å². The fourth-order valence-corrected chi connectivity index (χ4v) is 1.85. The predicted molar refractivity (Wildman–Crippen MR) is 81.5 cm³/mol. The van der Waals surface area contributed by atoms with Crippen LogP contribution in [0.5, 0.6) is 11.5 Å². The second-order valence-corrected chi connectivity index (χ2v) is 4.81. The lowest BCUT2D eigenvalue weighted by Crippen LogP contribution is -2.29. The van der Waals surface area contributed by atoms with Gasteiger partial charge in [-0.2, -0.15) is 0 Å². The maximum Gasteiger partial charge on any atom is 0.161 e. The number of rotatable bonds is 9. The zero-order chi connectivity index (χ0) is 15.0. The van der Waals surface area contributed by atoms with E-state index in [0.717, 1.165) is 17.7 Å². The number of benzene rings is 1. The number of aliphatic hydroxyl groups excluding tert-OH is 1. The summed E-state index contributed by atoms with van der Waals surface area (Å²) in [6.45, 7) is 9.80. The van der Waals surface area contributed by atoms with Crippen LogP contribution >= 0.6 is 0 Å². The third kappa shape index (κ3) is 5.02. The van der Waals surface area contributed by atoms with Gasteiger partial charge in [0, 0.05) is 12.6 Å². The molecular formula is C16H27NO3. The molecule has 1 aromatic carbocycles. The highest BCUT2D eigenvalue weighted by Crippen LogP contribution is 2.30. The molecule has 4 nitrogen and oxygen atoms in total. The normalized spacial score (nSPS) is 13.8. The Labute approximate surface area is 122 Å². The van der Waals surface area contributed by atoms with Crippen LogP contribution in [0.15, 0.2) is 18.2 Å². The van der Waals surface area contributed by atoms with Crippen molar-refractivity contribution in [3.05, 3.63) is 23.8 Å². The molecule has 0 aliphatic rings. The number of ether oxygens (including phenoxy) is 2. The zero-order valence-corrected chi connectivity index (χ0v) is 13.0. The molecule has 0 spiro atoms. The molecule has 114 valence electrons. The molecule has 20 heavy (non-hydrogen) atoms. The van der Waals surface area contributed by atoms with Crippen LogP contribution in [0.4, 0.5) is 0 Å². The molecule has 0 saturated heterocycles. The molecule has 0 aliphatic heterocycles. The van der Waals surface area contributed by atoms with Gasteiger partial charge in [-0.1, -0.05) is 13.0 Å². The molecule has 0 saturated carbocycles. The molecule has 4 heteroatoms. The van der Waals surface area contributed by atoms with Crippen molar-refractivity contribution < 1.29 is 14.6 Å². The van der Waals surface area contributed by atoms with Crippen LogP contribution in [0.25, 0.3) is 0 Å². The largest absolute Gasteiger partial charge is 0.490 e. The van der Waals surface area contributed by atoms with Gasteiger partial charge in [-0.15, -0.1) is 0 Å². The van der Waals surface area contributed by atoms with Gasteiger partial charge in [-0.3, -0.25) is 0 Å². The molecule has 0 heterocycles. The van der Waals surface area contributed by atoms with Gasteiger partial charge in [0.2, 0.25) is 0 Å². The van der Waals surface area contributed by atoms with Crippen LogP contribution in [0, 0.1) is 0 Å². The summed E-state index contributed by atoms with van der Waals surface area (Å²) in [7, 11) is 0. The smallest absolute Gasteiger partial charge is 0.161 e. The van der Waals surface area contributed by atoms with Gasteiger partial charge in [0.1, 0.15) is 0 Å². The van der Waals surface area contributed by atoms with E-state index in [-0.39, 0.29) is 0 Å². The molecule has 2 N–H and O–H groups in total. The Hall–Kier alpha value is -1.26. The van der Waals surface area contributed by atoms with Crippen molar-refractivity contribution in [2.24, 2.45) is 0 Å². The summed E-state index contributed by atoms with van der Waals surface area (Å²) >= 11 is 0. The van der Waals surface area contributed by atoms with Crippen LogP contribution in [0.1, 0.15) is 45.8 Å². The molecule has 0 fully saturated rings. The summed E-state index contributed by atoms with van der Waals surface area (Å²) < 4.78 is 11.1. The lowest BCUT2D eigenvalue weighted by atomic mass is 10.1. The Morgan fingerprint density at radius 2 is 1.75 bits per heavy atom. The molecule has 0 radical (unpaired) electrons. The third-order valence-electron chi connectivity index (χ3n) is 3.22. The Kier molecular flexibility index (Phi) is 7.41. The van der Waals surface area contributed by atoms with Gasteiger partial charge >= 0.3 is 0 Å². The standard InChI is InChI=1S/C16H27NO3/c1-5-12(4)17-11-14(18)13-8-9-15(19-6-2)16(10-13)20-7-3/h8-10,12,14,17-18H,5-7,11H2,1-4H3. The SMILES string of the molecule is CCOc1ccc(C(O)CNC(C)CC)cc1OCC. The molecule has 1 rings (SSSR count). The van der Waals surface area contributed by atoms with Gasteiger partial charge in [-0.05, 0) is 44.9 Å². The van der Waals surface area contributed by atoms with Gasteiger partial charge in [0.05, 0.1) is 19.3 Å². The first-order valence-electron chi connectivity index (χ1n) is 7.43. The fourth-order valence-electron chi connectivity index (χ4n) is 1.85. The summed E-state index contributed by atoms with van der Waals surface area (Å²) in [5.74, 6) is 1.41. The van der Waals surface area contributed by atoms with Crippen molar-refractivity contribution in [1.82, 2.24) is 5.32 Å². The second-order valence-electron chi connectivity index (χ2n) is 4.81. The first kappa shape index (κ1) is 16.8. The second kappa shape index (κ2) is 8.82. The number of hydrogen-bond donors (Lipinski definition) is 2. The van der Waals surface area contributed by atoms with Crippen molar-refractivity contribution in [3.63, 3.8) is 0 Å². The summed E-state index contributed by atoms with van der Waals surface area (Å²) in [5.41, 5.74) is 0.840. The maximum absolute atomic E-state index is 10.2. The first-order chi connectivity index (χ1) is 9.62. The highest BCUT2D eigenvalue weighted by molar-refractivity contribution is 5.43. The van der Waals surface area contributed by atoms with Crippen molar-refractivity contribution >= 4 is 0 Å². The highest BCUT2D eigenvalue weighted by atomic mass is 16.5. The highest BCUT2D eigenvalue weighted by Gasteiger charge is 2.13. The van der Waals surface area contributed by atoms with Crippen LogP contribution in [-0.2, 0) is 0 Å². The van der Waals surface area contributed by atoms with Gasteiger partial charge in [0.25, 0.3) is 0 Å². The molecule has 1 aromatic rings. The Bertz CT molecular complexity index is 395. The van der Waals surface area contributed by atoms with E-state index in [4.69, 9.17) is 9.47 Å². The van der Waals surface area contributed by atoms with Gasteiger partial charge in [-0.25, -0.2) is 0 Å². The quantitative estimate of drug-likeness (QED) is 0.731. The predicted octanol–water partition coefficient (Wildman–Crippen LogP) is 2.91. The first-order valence-corrected chi connectivity index (χ1v) is 7.43. The monoisotopic (exact) mass is 281 g/mol. The summed E-state index contributed by atoms with van der Waals surface area (Å²) in [4.78, 5) is 0. The van der Waals surface area contributed by atoms with Crippen LogP contribution < -0.4 is 14.8 Å². The lowest BCUT2D eigenvalue weighted by molar-refractivity contribution is 0.169.